The number of alkyl halides is 3. The van der Waals surface area contributed by atoms with E-state index in [9.17, 15) is 18.3 Å². The van der Waals surface area contributed by atoms with Gasteiger partial charge in [-0.25, -0.2) is 4.98 Å². The van der Waals surface area contributed by atoms with Gasteiger partial charge in [-0.05, 0) is 31.2 Å². The van der Waals surface area contributed by atoms with E-state index in [4.69, 9.17) is 4.74 Å². The van der Waals surface area contributed by atoms with Crippen molar-refractivity contribution in [3.05, 3.63) is 48.2 Å². The molecule has 2 heterocycles. The summed E-state index contributed by atoms with van der Waals surface area (Å²) in [7, 11) is 0. The van der Waals surface area contributed by atoms with Crippen LogP contribution in [0.1, 0.15) is 18.0 Å². The lowest BCUT2D eigenvalue weighted by molar-refractivity contribution is -0.274. The lowest BCUT2D eigenvalue weighted by atomic mass is 9.91. The maximum Gasteiger partial charge on any atom is 0.573 e. The molecule has 1 saturated heterocycles. The third kappa shape index (κ3) is 4.76. The monoisotopic (exact) mass is 353 g/mol. The van der Waals surface area contributed by atoms with E-state index < -0.39 is 6.36 Å². The van der Waals surface area contributed by atoms with Gasteiger partial charge in [-0.15, -0.1) is 13.2 Å². The lowest BCUT2D eigenvalue weighted by Gasteiger charge is -2.32. The Bertz CT molecular complexity index is 724. The number of aromatic nitrogens is 1. The molecule has 133 valence electrons. The first-order valence-electron chi connectivity index (χ1n) is 7.78. The van der Waals surface area contributed by atoms with E-state index in [0.29, 0.717) is 18.7 Å². The maximum atomic E-state index is 12.3. The van der Waals surface area contributed by atoms with Crippen molar-refractivity contribution in [1.82, 2.24) is 10.3 Å². The first-order chi connectivity index (χ1) is 11.9. The molecule has 8 heteroatoms. The summed E-state index contributed by atoms with van der Waals surface area (Å²) in [6.07, 6.45) is -4.41. The number of nitrogens with one attached hydrogen (secondary N) is 1. The number of pyridine rings is 1. The molecule has 1 aliphatic rings. The number of rotatable bonds is 4. The summed E-state index contributed by atoms with van der Waals surface area (Å²) in [5.41, 5.74) is 0.627. The molecular weight excluding hydrogens is 337 g/mol. The SMILES string of the molecule is [O]c1cccc(C2CCNCC2Oc2cccc(OC(F)(F)F)c2)n1. The van der Waals surface area contributed by atoms with Crippen LogP contribution >= 0.6 is 0 Å². The molecular formula is C17H16F3N2O3. The van der Waals surface area contributed by atoms with Crippen molar-refractivity contribution in [3.8, 4) is 17.4 Å². The standard InChI is InChI=1S/C17H16F3N2O3/c18-17(19,20)25-12-4-1-3-11(9-12)24-15-10-21-8-7-13(15)14-5-2-6-16(23)22-14/h1-6,9,13,15,21H,7-8,10H2. The van der Waals surface area contributed by atoms with Crippen molar-refractivity contribution in [3.63, 3.8) is 0 Å². The summed E-state index contributed by atoms with van der Waals surface area (Å²) < 4.78 is 46.8. The second kappa shape index (κ2) is 7.18. The van der Waals surface area contributed by atoms with Gasteiger partial charge in [0.05, 0.1) is 5.69 Å². The first kappa shape index (κ1) is 17.3. The van der Waals surface area contributed by atoms with E-state index in [2.05, 4.69) is 15.0 Å². The van der Waals surface area contributed by atoms with Crippen molar-refractivity contribution in [2.45, 2.75) is 24.8 Å². The lowest BCUT2D eigenvalue weighted by Crippen LogP contribution is -2.43. The van der Waals surface area contributed by atoms with Gasteiger partial charge in [-0.3, -0.25) is 5.11 Å². The van der Waals surface area contributed by atoms with E-state index in [1.807, 2.05) is 0 Å². The van der Waals surface area contributed by atoms with E-state index in [-0.39, 0.29) is 29.4 Å². The highest BCUT2D eigenvalue weighted by Crippen LogP contribution is 2.31. The Hall–Kier alpha value is -2.48. The summed E-state index contributed by atoms with van der Waals surface area (Å²) >= 11 is 0. The largest absolute Gasteiger partial charge is 0.573 e. The highest BCUT2D eigenvalue weighted by Gasteiger charge is 2.32. The summed E-state index contributed by atoms with van der Waals surface area (Å²) in [4.78, 5) is 4.02. The Kier molecular flexibility index (Phi) is 4.98. The predicted octanol–water partition coefficient (Wildman–Crippen LogP) is 3.65. The Labute approximate surface area is 142 Å². The van der Waals surface area contributed by atoms with Gasteiger partial charge in [0.15, 0.2) is 0 Å². The number of piperidine rings is 1. The zero-order chi connectivity index (χ0) is 17.9. The highest BCUT2D eigenvalue weighted by atomic mass is 19.4. The molecule has 1 aromatic heterocycles. The molecule has 1 radical (unpaired) electrons. The van der Waals surface area contributed by atoms with E-state index in [1.54, 1.807) is 18.2 Å². The van der Waals surface area contributed by atoms with Crippen LogP contribution in [0.2, 0.25) is 0 Å². The molecule has 2 unspecified atom stereocenters. The third-order valence-corrected chi connectivity index (χ3v) is 3.88. The van der Waals surface area contributed by atoms with Gasteiger partial charge in [-0.2, -0.15) is 0 Å². The minimum atomic E-state index is -4.76. The molecule has 2 atom stereocenters. The van der Waals surface area contributed by atoms with Crippen molar-refractivity contribution >= 4 is 0 Å². The summed E-state index contributed by atoms with van der Waals surface area (Å²) in [6, 6.07) is 10.2. The predicted molar refractivity (Wildman–Crippen MR) is 82.1 cm³/mol. The summed E-state index contributed by atoms with van der Waals surface area (Å²) in [6.45, 7) is 1.24. The summed E-state index contributed by atoms with van der Waals surface area (Å²) in [5.74, 6) is -0.526. The second-order valence-electron chi connectivity index (χ2n) is 5.68. The first-order valence-corrected chi connectivity index (χ1v) is 7.78. The van der Waals surface area contributed by atoms with Crippen LogP contribution in [0.3, 0.4) is 0 Å². The zero-order valence-corrected chi connectivity index (χ0v) is 13.1. The van der Waals surface area contributed by atoms with Crippen molar-refractivity contribution in [2.75, 3.05) is 13.1 Å². The number of halogens is 3. The number of benzene rings is 1. The van der Waals surface area contributed by atoms with E-state index in [0.717, 1.165) is 6.54 Å². The van der Waals surface area contributed by atoms with Crippen LogP contribution in [0.15, 0.2) is 42.5 Å². The van der Waals surface area contributed by atoms with Crippen LogP contribution in [0.4, 0.5) is 13.2 Å². The van der Waals surface area contributed by atoms with Crippen LogP contribution < -0.4 is 14.8 Å². The molecule has 1 aliphatic heterocycles. The Morgan fingerprint density at radius 1 is 1.12 bits per heavy atom. The molecule has 3 rings (SSSR count). The molecule has 25 heavy (non-hydrogen) atoms. The zero-order valence-electron chi connectivity index (χ0n) is 13.1. The molecule has 0 spiro atoms. The average Bonchev–Trinajstić information content (AvgIpc) is 2.54. The maximum absolute atomic E-state index is 12.3. The number of hydrogen-bond acceptors (Lipinski definition) is 4. The topological polar surface area (TPSA) is 63.3 Å². The van der Waals surface area contributed by atoms with Gasteiger partial charge in [0, 0.05) is 24.6 Å². The minimum Gasteiger partial charge on any atom is -0.488 e. The minimum absolute atomic E-state index is 0.123. The van der Waals surface area contributed by atoms with Crippen molar-refractivity contribution in [1.29, 1.82) is 0 Å². The molecule has 0 saturated carbocycles. The molecule has 1 N–H and O–H groups in total. The number of nitrogens with zero attached hydrogens (tertiary/aromatic N) is 1. The van der Waals surface area contributed by atoms with Gasteiger partial charge >= 0.3 is 6.36 Å². The number of hydrogen-bond donors (Lipinski definition) is 1. The molecule has 2 aromatic rings. The smallest absolute Gasteiger partial charge is 0.488 e. The molecule has 0 bridgehead atoms. The van der Waals surface area contributed by atoms with Gasteiger partial charge in [0.1, 0.15) is 17.6 Å². The fourth-order valence-corrected chi connectivity index (χ4v) is 2.85. The van der Waals surface area contributed by atoms with E-state index >= 15 is 0 Å². The fraction of sp³-hybridized carbons (Fsp3) is 0.353. The Morgan fingerprint density at radius 3 is 2.64 bits per heavy atom. The fourth-order valence-electron chi connectivity index (χ4n) is 2.85. The molecule has 0 aliphatic carbocycles. The van der Waals surface area contributed by atoms with Crippen LogP contribution in [0.25, 0.3) is 0 Å². The van der Waals surface area contributed by atoms with Crippen LogP contribution in [-0.2, 0) is 5.11 Å². The number of ether oxygens (including phenoxy) is 2. The molecule has 0 amide bonds. The average molecular weight is 353 g/mol. The van der Waals surface area contributed by atoms with Crippen LogP contribution in [0.5, 0.6) is 17.4 Å². The normalized spacial score (nSPS) is 20.9. The molecule has 1 aromatic carbocycles. The Balaban J connectivity index is 1.77. The highest BCUT2D eigenvalue weighted by molar-refractivity contribution is 5.33. The van der Waals surface area contributed by atoms with Crippen LogP contribution in [-0.4, -0.2) is 30.5 Å². The van der Waals surface area contributed by atoms with Gasteiger partial charge in [0.25, 0.3) is 5.88 Å². The van der Waals surface area contributed by atoms with E-state index in [1.165, 1.54) is 24.3 Å². The third-order valence-electron chi connectivity index (χ3n) is 3.88. The van der Waals surface area contributed by atoms with Crippen molar-refractivity contribution < 1.29 is 27.8 Å². The van der Waals surface area contributed by atoms with Gasteiger partial charge in [0.2, 0.25) is 0 Å². The van der Waals surface area contributed by atoms with Crippen LogP contribution in [0, 0.1) is 0 Å². The second-order valence-corrected chi connectivity index (χ2v) is 5.68. The van der Waals surface area contributed by atoms with Crippen molar-refractivity contribution in [2.24, 2.45) is 0 Å². The molecule has 5 nitrogen and oxygen atoms in total. The summed E-state index contributed by atoms with van der Waals surface area (Å²) in [5, 5.41) is 14.7. The quantitative estimate of drug-likeness (QED) is 0.911. The Morgan fingerprint density at radius 2 is 1.88 bits per heavy atom. The van der Waals surface area contributed by atoms with Gasteiger partial charge in [-0.1, -0.05) is 12.1 Å². The van der Waals surface area contributed by atoms with Gasteiger partial charge < -0.3 is 14.8 Å². The molecule has 1 fully saturated rings.